The molecule has 7 heteroatoms. The molecule has 1 amide bonds. The summed E-state index contributed by atoms with van der Waals surface area (Å²) in [6, 6.07) is 3.65. The number of amides is 1. The summed E-state index contributed by atoms with van der Waals surface area (Å²) in [5.41, 5.74) is -0.280. The van der Waals surface area contributed by atoms with Crippen molar-refractivity contribution in [2.45, 2.75) is 25.4 Å². The lowest BCUT2D eigenvalue weighted by molar-refractivity contribution is -0.121. The SMILES string of the molecule is C=CCNC(=O)Cn1nc(-c2ccco2)n(C2CC2)c1=O. The number of carbonyl (C=O) groups is 1. The molecule has 2 aromatic heterocycles. The van der Waals surface area contributed by atoms with E-state index >= 15 is 0 Å². The predicted octanol–water partition coefficient (Wildman–Crippen LogP) is 0.942. The van der Waals surface area contributed by atoms with Crippen LogP contribution in [0, 0.1) is 0 Å². The molecular weight excluding hydrogens is 272 g/mol. The quantitative estimate of drug-likeness (QED) is 0.802. The van der Waals surface area contributed by atoms with Crippen molar-refractivity contribution in [3.63, 3.8) is 0 Å². The third-order valence-electron chi connectivity index (χ3n) is 3.26. The number of hydrogen-bond acceptors (Lipinski definition) is 4. The predicted molar refractivity (Wildman–Crippen MR) is 75.7 cm³/mol. The molecule has 0 aliphatic heterocycles. The van der Waals surface area contributed by atoms with Gasteiger partial charge in [0.05, 0.1) is 6.26 Å². The molecule has 0 bridgehead atoms. The van der Waals surface area contributed by atoms with Crippen molar-refractivity contribution in [3.8, 4) is 11.6 Å². The van der Waals surface area contributed by atoms with Gasteiger partial charge in [-0.15, -0.1) is 11.7 Å². The maximum Gasteiger partial charge on any atom is 0.347 e. The molecule has 7 nitrogen and oxygen atoms in total. The highest BCUT2D eigenvalue weighted by Crippen LogP contribution is 2.36. The van der Waals surface area contributed by atoms with Gasteiger partial charge in [0, 0.05) is 12.6 Å². The normalized spacial score (nSPS) is 14.1. The monoisotopic (exact) mass is 288 g/mol. The van der Waals surface area contributed by atoms with Crippen LogP contribution in [0.1, 0.15) is 18.9 Å². The minimum absolute atomic E-state index is 0.111. The number of furan rings is 1. The molecule has 0 unspecified atom stereocenters. The number of nitrogens with zero attached hydrogens (tertiary/aromatic N) is 3. The number of carbonyl (C=O) groups excluding carboxylic acids is 1. The molecule has 0 spiro atoms. The second-order valence-electron chi connectivity index (χ2n) is 4.94. The number of aromatic nitrogens is 3. The van der Waals surface area contributed by atoms with Gasteiger partial charge in [-0.1, -0.05) is 6.08 Å². The van der Waals surface area contributed by atoms with Crippen molar-refractivity contribution in [1.29, 1.82) is 0 Å². The zero-order chi connectivity index (χ0) is 14.8. The first-order valence-electron chi connectivity index (χ1n) is 6.81. The Labute approximate surface area is 120 Å². The van der Waals surface area contributed by atoms with Gasteiger partial charge in [0.1, 0.15) is 6.54 Å². The minimum Gasteiger partial charge on any atom is -0.461 e. The molecule has 0 radical (unpaired) electrons. The maximum absolute atomic E-state index is 12.4. The van der Waals surface area contributed by atoms with Crippen LogP contribution in [0.15, 0.2) is 40.3 Å². The van der Waals surface area contributed by atoms with Gasteiger partial charge in [0.15, 0.2) is 5.76 Å². The molecule has 1 aliphatic rings. The Morgan fingerprint density at radius 3 is 3.00 bits per heavy atom. The molecule has 2 heterocycles. The van der Waals surface area contributed by atoms with Crippen molar-refractivity contribution in [2.75, 3.05) is 6.54 Å². The summed E-state index contributed by atoms with van der Waals surface area (Å²) >= 11 is 0. The second kappa shape index (κ2) is 5.43. The van der Waals surface area contributed by atoms with Gasteiger partial charge in [-0.05, 0) is 25.0 Å². The Kier molecular flexibility index (Phi) is 3.47. The maximum atomic E-state index is 12.4. The van der Waals surface area contributed by atoms with Crippen molar-refractivity contribution in [3.05, 3.63) is 41.5 Å². The van der Waals surface area contributed by atoms with Gasteiger partial charge in [-0.3, -0.25) is 9.36 Å². The van der Waals surface area contributed by atoms with Gasteiger partial charge in [0.25, 0.3) is 0 Å². The highest BCUT2D eigenvalue weighted by molar-refractivity contribution is 5.75. The van der Waals surface area contributed by atoms with Crippen LogP contribution in [0.4, 0.5) is 0 Å². The topological polar surface area (TPSA) is 82.1 Å². The van der Waals surface area contributed by atoms with Crippen LogP contribution in [-0.2, 0) is 11.3 Å². The summed E-state index contributed by atoms with van der Waals surface area (Å²) in [6.07, 6.45) is 5.01. The fraction of sp³-hybridized carbons (Fsp3) is 0.357. The van der Waals surface area contributed by atoms with Gasteiger partial charge in [-0.2, -0.15) is 0 Å². The van der Waals surface area contributed by atoms with Crippen LogP contribution in [0.25, 0.3) is 11.6 Å². The van der Waals surface area contributed by atoms with Crippen LogP contribution >= 0.6 is 0 Å². The smallest absolute Gasteiger partial charge is 0.347 e. The van der Waals surface area contributed by atoms with E-state index in [1.807, 2.05) is 0 Å². The van der Waals surface area contributed by atoms with Crippen LogP contribution in [-0.4, -0.2) is 26.8 Å². The lowest BCUT2D eigenvalue weighted by Crippen LogP contribution is -2.33. The van der Waals surface area contributed by atoms with Gasteiger partial charge < -0.3 is 9.73 Å². The summed E-state index contributed by atoms with van der Waals surface area (Å²) in [5.74, 6) is 0.733. The molecule has 2 aromatic rings. The summed E-state index contributed by atoms with van der Waals surface area (Å²) in [4.78, 5) is 24.1. The van der Waals surface area contributed by atoms with E-state index in [0.717, 1.165) is 12.8 Å². The fourth-order valence-electron chi connectivity index (χ4n) is 2.14. The third kappa shape index (κ3) is 2.67. The molecular formula is C14H16N4O3. The molecule has 1 saturated carbocycles. The first-order valence-corrected chi connectivity index (χ1v) is 6.81. The van der Waals surface area contributed by atoms with Crippen LogP contribution in [0.5, 0.6) is 0 Å². The van der Waals surface area contributed by atoms with Crippen LogP contribution in [0.2, 0.25) is 0 Å². The number of hydrogen-bond donors (Lipinski definition) is 1. The Bertz CT molecular complexity index is 707. The van der Waals surface area contributed by atoms with E-state index in [1.165, 1.54) is 10.9 Å². The van der Waals surface area contributed by atoms with Crippen LogP contribution < -0.4 is 11.0 Å². The van der Waals surface area contributed by atoms with E-state index in [-0.39, 0.29) is 24.2 Å². The molecule has 1 fully saturated rings. The number of nitrogens with one attached hydrogen (secondary N) is 1. The van der Waals surface area contributed by atoms with Gasteiger partial charge in [-0.25, -0.2) is 9.48 Å². The first-order chi connectivity index (χ1) is 10.2. The van der Waals surface area contributed by atoms with E-state index in [2.05, 4.69) is 17.0 Å². The van der Waals surface area contributed by atoms with Crippen molar-refractivity contribution < 1.29 is 9.21 Å². The fourth-order valence-corrected chi connectivity index (χ4v) is 2.14. The van der Waals surface area contributed by atoms with E-state index in [1.54, 1.807) is 22.8 Å². The van der Waals surface area contributed by atoms with Gasteiger partial charge >= 0.3 is 5.69 Å². The summed E-state index contributed by atoms with van der Waals surface area (Å²) in [6.45, 7) is 3.78. The average molecular weight is 288 g/mol. The Morgan fingerprint density at radius 2 is 2.38 bits per heavy atom. The molecule has 0 saturated heterocycles. The molecule has 0 atom stereocenters. The summed E-state index contributed by atoms with van der Waals surface area (Å²) in [7, 11) is 0. The molecule has 3 rings (SSSR count). The Morgan fingerprint density at radius 1 is 1.57 bits per heavy atom. The minimum atomic E-state index is -0.280. The van der Waals surface area contributed by atoms with Crippen molar-refractivity contribution in [2.24, 2.45) is 0 Å². The molecule has 0 aromatic carbocycles. The zero-order valence-electron chi connectivity index (χ0n) is 11.5. The summed E-state index contributed by atoms with van der Waals surface area (Å²) in [5, 5.41) is 6.88. The Balaban J connectivity index is 1.92. The first kappa shape index (κ1) is 13.4. The second-order valence-corrected chi connectivity index (χ2v) is 4.94. The average Bonchev–Trinajstić information content (AvgIpc) is 3.05. The zero-order valence-corrected chi connectivity index (χ0v) is 11.5. The molecule has 1 N–H and O–H groups in total. The van der Waals surface area contributed by atoms with Crippen molar-refractivity contribution in [1.82, 2.24) is 19.7 Å². The third-order valence-corrected chi connectivity index (χ3v) is 3.26. The lowest BCUT2D eigenvalue weighted by Gasteiger charge is -2.00. The highest BCUT2D eigenvalue weighted by atomic mass is 16.3. The Hall–Kier alpha value is -2.57. The molecule has 21 heavy (non-hydrogen) atoms. The molecule has 110 valence electrons. The summed E-state index contributed by atoms with van der Waals surface area (Å²) < 4.78 is 8.11. The van der Waals surface area contributed by atoms with Gasteiger partial charge in [0.2, 0.25) is 11.7 Å². The highest BCUT2D eigenvalue weighted by Gasteiger charge is 2.31. The van der Waals surface area contributed by atoms with Crippen molar-refractivity contribution >= 4 is 5.91 Å². The van der Waals surface area contributed by atoms with E-state index in [0.29, 0.717) is 18.1 Å². The standard InChI is InChI=1S/C14H16N4O3/c1-2-7-15-12(19)9-17-14(20)18(10-5-6-10)13(16-17)11-4-3-8-21-11/h2-4,8,10H,1,5-7,9H2,(H,15,19). The van der Waals surface area contributed by atoms with E-state index in [4.69, 9.17) is 4.42 Å². The molecule has 1 aliphatic carbocycles. The van der Waals surface area contributed by atoms with Crippen LogP contribution in [0.3, 0.4) is 0 Å². The lowest BCUT2D eigenvalue weighted by atomic mass is 10.4. The van der Waals surface area contributed by atoms with E-state index in [9.17, 15) is 9.59 Å². The largest absolute Gasteiger partial charge is 0.461 e. The number of rotatable bonds is 6. The van der Waals surface area contributed by atoms with E-state index < -0.39 is 0 Å².